The van der Waals surface area contributed by atoms with E-state index >= 15 is 0 Å². The number of anilines is 1. The first-order valence-corrected chi connectivity index (χ1v) is 8.72. The van der Waals surface area contributed by atoms with Crippen LogP contribution in [0.25, 0.3) is 5.69 Å². The maximum absolute atomic E-state index is 12.6. The Hall–Kier alpha value is -3.19. The number of nitrogens with zero attached hydrogens (tertiary/aromatic N) is 4. The predicted octanol–water partition coefficient (Wildman–Crippen LogP) is 3.61. The molecule has 2 aromatic heterocycles. The molecule has 0 aliphatic carbocycles. The van der Waals surface area contributed by atoms with E-state index in [2.05, 4.69) is 15.4 Å². The van der Waals surface area contributed by atoms with Crippen LogP contribution >= 0.6 is 11.6 Å². The van der Waals surface area contributed by atoms with Crippen molar-refractivity contribution in [2.45, 2.75) is 13.8 Å². The zero-order valence-corrected chi connectivity index (χ0v) is 15.6. The quantitative estimate of drug-likeness (QED) is 0.746. The Morgan fingerprint density at radius 3 is 2.59 bits per heavy atom. The van der Waals surface area contributed by atoms with Crippen molar-refractivity contribution in [1.29, 1.82) is 0 Å². The van der Waals surface area contributed by atoms with Crippen molar-refractivity contribution >= 4 is 29.2 Å². The van der Waals surface area contributed by atoms with Gasteiger partial charge in [0.25, 0.3) is 5.91 Å². The van der Waals surface area contributed by atoms with Crippen LogP contribution < -0.4 is 10.2 Å². The summed E-state index contributed by atoms with van der Waals surface area (Å²) in [6.45, 7) is 4.02. The van der Waals surface area contributed by atoms with Crippen LogP contribution in [0.5, 0.6) is 0 Å². The number of carbonyl (C=O) groups excluding carboxylic acids is 2. The first kappa shape index (κ1) is 18.6. The molecule has 3 aromatic rings. The van der Waals surface area contributed by atoms with Crippen LogP contribution in [-0.2, 0) is 0 Å². The molecule has 0 unspecified atom stereocenters. The average Bonchev–Trinajstić information content (AvgIpc) is 3.05. The summed E-state index contributed by atoms with van der Waals surface area (Å²) < 4.78 is 1.53. The molecule has 0 bridgehead atoms. The highest BCUT2D eigenvalue weighted by molar-refractivity contribution is 6.32. The molecular formula is C19H18ClN5O2. The minimum Gasteiger partial charge on any atom is -0.290 e. The van der Waals surface area contributed by atoms with E-state index in [0.29, 0.717) is 23.5 Å². The molecule has 138 valence electrons. The van der Waals surface area contributed by atoms with Crippen molar-refractivity contribution in [3.8, 4) is 5.69 Å². The number of hydrogen-bond donors (Lipinski definition) is 1. The minimum absolute atomic E-state index is 0.152. The third-order valence-electron chi connectivity index (χ3n) is 3.95. The second-order valence-electron chi connectivity index (χ2n) is 5.83. The van der Waals surface area contributed by atoms with Gasteiger partial charge in [0, 0.05) is 18.3 Å². The zero-order chi connectivity index (χ0) is 19.4. The topological polar surface area (TPSA) is 80.1 Å². The summed E-state index contributed by atoms with van der Waals surface area (Å²) in [5, 5.41) is 6.75. The molecule has 7 nitrogen and oxygen atoms in total. The molecule has 2 heterocycles. The van der Waals surface area contributed by atoms with E-state index in [4.69, 9.17) is 11.6 Å². The molecule has 0 spiro atoms. The number of imide groups is 1. The molecular weight excluding hydrogens is 366 g/mol. The van der Waals surface area contributed by atoms with Crippen LogP contribution in [0.2, 0.25) is 5.15 Å². The van der Waals surface area contributed by atoms with Gasteiger partial charge in [-0.25, -0.2) is 9.48 Å². The number of amides is 3. The predicted molar refractivity (Wildman–Crippen MR) is 103 cm³/mol. The molecule has 8 heteroatoms. The van der Waals surface area contributed by atoms with Crippen molar-refractivity contribution in [1.82, 2.24) is 20.1 Å². The van der Waals surface area contributed by atoms with Gasteiger partial charge in [-0.15, -0.1) is 0 Å². The summed E-state index contributed by atoms with van der Waals surface area (Å²) in [6.07, 6.45) is 4.90. The van der Waals surface area contributed by atoms with Gasteiger partial charge < -0.3 is 0 Å². The summed E-state index contributed by atoms with van der Waals surface area (Å²) in [5.41, 5.74) is 2.54. The van der Waals surface area contributed by atoms with E-state index in [9.17, 15) is 9.59 Å². The number of hydrogen-bond acceptors (Lipinski definition) is 4. The highest BCUT2D eigenvalue weighted by Gasteiger charge is 2.22. The van der Waals surface area contributed by atoms with Gasteiger partial charge in [-0.2, -0.15) is 5.10 Å². The number of carbonyl (C=O) groups is 2. The Kier molecular flexibility index (Phi) is 5.52. The van der Waals surface area contributed by atoms with Crippen LogP contribution in [0, 0.1) is 6.92 Å². The van der Waals surface area contributed by atoms with Gasteiger partial charge in [0.2, 0.25) is 0 Å². The van der Waals surface area contributed by atoms with Gasteiger partial charge in [0.05, 0.1) is 18.1 Å². The number of halogens is 1. The Morgan fingerprint density at radius 1 is 1.22 bits per heavy atom. The van der Waals surface area contributed by atoms with Gasteiger partial charge >= 0.3 is 6.03 Å². The van der Waals surface area contributed by atoms with E-state index in [1.54, 1.807) is 43.7 Å². The summed E-state index contributed by atoms with van der Waals surface area (Å²) in [6, 6.07) is 9.98. The first-order valence-electron chi connectivity index (χ1n) is 8.34. The zero-order valence-electron chi connectivity index (χ0n) is 14.9. The molecule has 0 aliphatic rings. The van der Waals surface area contributed by atoms with Crippen molar-refractivity contribution in [2.24, 2.45) is 0 Å². The third kappa shape index (κ3) is 4.15. The largest absolute Gasteiger partial charge is 0.328 e. The molecule has 1 N–H and O–H groups in total. The number of pyridine rings is 1. The lowest BCUT2D eigenvalue weighted by molar-refractivity contribution is 0.0965. The molecule has 0 aliphatic heterocycles. The van der Waals surface area contributed by atoms with Crippen molar-refractivity contribution in [2.75, 3.05) is 11.4 Å². The van der Waals surface area contributed by atoms with Crippen molar-refractivity contribution < 1.29 is 9.59 Å². The van der Waals surface area contributed by atoms with Crippen LogP contribution in [0.15, 0.2) is 55.0 Å². The van der Waals surface area contributed by atoms with Crippen molar-refractivity contribution in [3.05, 3.63) is 71.3 Å². The monoisotopic (exact) mass is 383 g/mol. The molecule has 0 saturated heterocycles. The van der Waals surface area contributed by atoms with Crippen LogP contribution in [0.3, 0.4) is 0 Å². The van der Waals surface area contributed by atoms with E-state index in [-0.39, 0.29) is 5.15 Å². The van der Waals surface area contributed by atoms with E-state index in [1.165, 1.54) is 9.58 Å². The van der Waals surface area contributed by atoms with Crippen molar-refractivity contribution in [3.63, 3.8) is 0 Å². The lowest BCUT2D eigenvalue weighted by atomic mass is 10.1. The molecule has 0 fully saturated rings. The first-order chi connectivity index (χ1) is 13.0. The number of aromatic nitrogens is 3. The van der Waals surface area contributed by atoms with Crippen LogP contribution in [0.4, 0.5) is 10.5 Å². The minimum atomic E-state index is -0.573. The number of rotatable bonds is 4. The molecule has 27 heavy (non-hydrogen) atoms. The SMILES string of the molecule is CCN(C(=O)NC(=O)c1ccc(C)cc1)c1cn(-c2cccnc2)nc1Cl. The molecule has 1 aromatic carbocycles. The Balaban J connectivity index is 1.80. The molecule has 0 atom stereocenters. The maximum atomic E-state index is 12.6. The lowest BCUT2D eigenvalue weighted by Gasteiger charge is -2.19. The summed E-state index contributed by atoms with van der Waals surface area (Å²) >= 11 is 6.22. The molecule has 3 amide bonds. The highest BCUT2D eigenvalue weighted by atomic mass is 35.5. The fourth-order valence-corrected chi connectivity index (χ4v) is 2.74. The van der Waals surface area contributed by atoms with Crippen LogP contribution in [-0.4, -0.2) is 33.2 Å². The summed E-state index contributed by atoms with van der Waals surface area (Å²) in [4.78, 5) is 30.3. The molecule has 0 saturated carbocycles. The Morgan fingerprint density at radius 2 is 1.96 bits per heavy atom. The fraction of sp³-hybridized carbons (Fsp3) is 0.158. The number of aryl methyl sites for hydroxylation is 1. The smallest absolute Gasteiger partial charge is 0.290 e. The summed E-state index contributed by atoms with van der Waals surface area (Å²) in [7, 11) is 0. The number of nitrogens with one attached hydrogen (secondary N) is 1. The van der Waals surface area contributed by atoms with Gasteiger partial charge in [-0.3, -0.25) is 20.0 Å². The third-order valence-corrected chi connectivity index (χ3v) is 4.22. The second-order valence-corrected chi connectivity index (χ2v) is 6.19. The van der Waals surface area contributed by atoms with Crippen LogP contribution in [0.1, 0.15) is 22.8 Å². The number of urea groups is 1. The Bertz CT molecular complexity index is 954. The standard InChI is InChI=1S/C19H18ClN5O2/c1-3-24(19(27)22-18(26)14-8-6-13(2)7-9-14)16-12-25(23-17(16)20)15-5-4-10-21-11-15/h4-12H,3H2,1-2H3,(H,22,26,27). The fourth-order valence-electron chi connectivity index (χ4n) is 2.51. The van der Waals surface area contributed by atoms with Gasteiger partial charge in [0.1, 0.15) is 5.69 Å². The lowest BCUT2D eigenvalue weighted by Crippen LogP contribution is -2.43. The second kappa shape index (κ2) is 8.01. The molecule has 3 rings (SSSR count). The van der Waals surface area contributed by atoms with Gasteiger partial charge in [-0.1, -0.05) is 29.3 Å². The maximum Gasteiger partial charge on any atom is 0.328 e. The summed E-state index contributed by atoms with van der Waals surface area (Å²) in [5.74, 6) is -0.478. The normalized spacial score (nSPS) is 10.5. The van der Waals surface area contributed by atoms with E-state index in [0.717, 1.165) is 5.56 Å². The number of benzene rings is 1. The average molecular weight is 384 g/mol. The van der Waals surface area contributed by atoms with E-state index in [1.807, 2.05) is 25.1 Å². The van der Waals surface area contributed by atoms with E-state index < -0.39 is 11.9 Å². The molecule has 0 radical (unpaired) electrons. The van der Waals surface area contributed by atoms with Gasteiger partial charge in [-0.05, 0) is 38.1 Å². The van der Waals surface area contributed by atoms with Gasteiger partial charge in [0.15, 0.2) is 5.15 Å². The Labute approximate surface area is 161 Å². The highest BCUT2D eigenvalue weighted by Crippen LogP contribution is 2.26.